The van der Waals surface area contributed by atoms with Gasteiger partial charge in [0.15, 0.2) is 11.5 Å². The highest BCUT2D eigenvalue weighted by atomic mass is 32.2. The van der Waals surface area contributed by atoms with Crippen molar-refractivity contribution >= 4 is 38.4 Å². The average molecular weight is 436 g/mol. The molecular formula is C23H21N3O4S. The van der Waals surface area contributed by atoms with E-state index in [-0.39, 0.29) is 10.5 Å². The molecule has 1 aromatic heterocycles. The molecule has 1 amide bonds. The summed E-state index contributed by atoms with van der Waals surface area (Å²) in [5.41, 5.74) is 3.53. The number of aromatic nitrogens is 1. The molecule has 0 atom stereocenters. The molecule has 0 spiro atoms. The van der Waals surface area contributed by atoms with Gasteiger partial charge in [0.05, 0.1) is 4.90 Å². The summed E-state index contributed by atoms with van der Waals surface area (Å²) in [7, 11) is -3.84. The number of hydrogen-bond donors (Lipinski definition) is 2. The minimum atomic E-state index is -3.84. The topological polar surface area (TPSA) is 101 Å². The first-order valence-corrected chi connectivity index (χ1v) is 11.2. The zero-order valence-electron chi connectivity index (χ0n) is 17.0. The quantitative estimate of drug-likeness (QED) is 0.455. The summed E-state index contributed by atoms with van der Waals surface area (Å²) in [5, 5.41) is 2.78. The lowest BCUT2D eigenvalue weighted by Gasteiger charge is -2.10. The van der Waals surface area contributed by atoms with Crippen LogP contribution in [0.3, 0.4) is 0 Å². The SMILES string of the molecule is CCc1nc2cc(NC(=O)c3cccc(S(=O)(=O)Nc4ccc(C)cc4)c3)ccc2o1. The fourth-order valence-electron chi connectivity index (χ4n) is 3.05. The molecule has 3 aromatic carbocycles. The third-order valence-corrected chi connectivity index (χ3v) is 6.08. The average Bonchev–Trinajstić information content (AvgIpc) is 3.18. The van der Waals surface area contributed by atoms with E-state index in [0.29, 0.717) is 34.8 Å². The number of hydrogen-bond acceptors (Lipinski definition) is 5. The number of anilines is 2. The predicted molar refractivity (Wildman–Crippen MR) is 120 cm³/mol. The zero-order chi connectivity index (χ0) is 22.0. The minimum absolute atomic E-state index is 0.000246. The van der Waals surface area contributed by atoms with E-state index in [1.807, 2.05) is 26.0 Å². The summed E-state index contributed by atoms with van der Waals surface area (Å²) in [4.78, 5) is 17.1. The van der Waals surface area contributed by atoms with Crippen LogP contribution in [0.4, 0.5) is 11.4 Å². The van der Waals surface area contributed by atoms with Crippen molar-refractivity contribution in [3.8, 4) is 0 Å². The third kappa shape index (κ3) is 4.59. The molecule has 0 radical (unpaired) electrons. The molecule has 0 saturated heterocycles. The lowest BCUT2D eigenvalue weighted by Crippen LogP contribution is -2.16. The Morgan fingerprint density at radius 1 is 1.00 bits per heavy atom. The smallest absolute Gasteiger partial charge is 0.261 e. The van der Waals surface area contributed by atoms with Crippen LogP contribution in [0, 0.1) is 6.92 Å². The van der Waals surface area contributed by atoms with Gasteiger partial charge in [-0.05, 0) is 55.5 Å². The second-order valence-corrected chi connectivity index (χ2v) is 8.78. The van der Waals surface area contributed by atoms with Crippen LogP contribution < -0.4 is 10.0 Å². The van der Waals surface area contributed by atoms with E-state index in [0.717, 1.165) is 5.56 Å². The van der Waals surface area contributed by atoms with Gasteiger partial charge in [0, 0.05) is 23.4 Å². The number of fused-ring (bicyclic) bond motifs is 1. The summed E-state index contributed by atoms with van der Waals surface area (Å²) in [6, 6.07) is 18.1. The molecule has 1 heterocycles. The Morgan fingerprint density at radius 2 is 1.74 bits per heavy atom. The Labute approximate surface area is 180 Å². The van der Waals surface area contributed by atoms with Crippen LogP contribution >= 0.6 is 0 Å². The maximum absolute atomic E-state index is 12.7. The molecule has 31 heavy (non-hydrogen) atoms. The first kappa shape index (κ1) is 20.6. The minimum Gasteiger partial charge on any atom is -0.441 e. The number of amides is 1. The number of nitrogens with one attached hydrogen (secondary N) is 2. The van der Waals surface area contributed by atoms with Crippen LogP contribution in [0.5, 0.6) is 0 Å². The first-order valence-electron chi connectivity index (χ1n) is 9.74. The Hall–Kier alpha value is -3.65. The van der Waals surface area contributed by atoms with Crippen LogP contribution in [0.25, 0.3) is 11.1 Å². The molecule has 4 rings (SSSR count). The Kier molecular flexibility index (Phi) is 5.48. The van der Waals surface area contributed by atoms with E-state index < -0.39 is 15.9 Å². The van der Waals surface area contributed by atoms with E-state index in [1.54, 1.807) is 36.4 Å². The van der Waals surface area contributed by atoms with Gasteiger partial charge >= 0.3 is 0 Å². The van der Waals surface area contributed by atoms with Gasteiger partial charge in [0.2, 0.25) is 0 Å². The summed E-state index contributed by atoms with van der Waals surface area (Å²) < 4.78 is 33.6. The summed E-state index contributed by atoms with van der Waals surface area (Å²) in [6.45, 7) is 3.87. The van der Waals surface area contributed by atoms with Gasteiger partial charge in [-0.2, -0.15) is 0 Å². The van der Waals surface area contributed by atoms with Crippen molar-refractivity contribution < 1.29 is 17.6 Å². The maximum Gasteiger partial charge on any atom is 0.261 e. The highest BCUT2D eigenvalue weighted by Crippen LogP contribution is 2.22. The van der Waals surface area contributed by atoms with E-state index >= 15 is 0 Å². The molecule has 0 aliphatic carbocycles. The molecule has 4 aromatic rings. The number of aryl methyl sites for hydroxylation is 2. The van der Waals surface area contributed by atoms with Gasteiger partial charge in [0.1, 0.15) is 5.52 Å². The van der Waals surface area contributed by atoms with Crippen molar-refractivity contribution in [1.82, 2.24) is 4.98 Å². The van der Waals surface area contributed by atoms with Crippen LogP contribution in [-0.4, -0.2) is 19.3 Å². The number of carbonyl (C=O) groups excluding carboxylic acids is 1. The number of sulfonamides is 1. The molecule has 2 N–H and O–H groups in total. The fourth-order valence-corrected chi connectivity index (χ4v) is 4.15. The second kappa shape index (κ2) is 8.23. The van der Waals surface area contributed by atoms with Crippen LogP contribution in [0.1, 0.15) is 28.7 Å². The fraction of sp³-hybridized carbons (Fsp3) is 0.130. The second-order valence-electron chi connectivity index (χ2n) is 7.10. The molecular weight excluding hydrogens is 414 g/mol. The number of nitrogens with zero attached hydrogens (tertiary/aromatic N) is 1. The van der Waals surface area contributed by atoms with Gasteiger partial charge in [-0.1, -0.05) is 30.7 Å². The van der Waals surface area contributed by atoms with E-state index in [2.05, 4.69) is 15.0 Å². The number of oxazole rings is 1. The Bertz CT molecular complexity index is 1360. The highest BCUT2D eigenvalue weighted by molar-refractivity contribution is 7.92. The van der Waals surface area contributed by atoms with Gasteiger partial charge in [0.25, 0.3) is 15.9 Å². The monoisotopic (exact) mass is 435 g/mol. The molecule has 0 saturated carbocycles. The van der Waals surface area contributed by atoms with Gasteiger partial charge < -0.3 is 9.73 Å². The van der Waals surface area contributed by atoms with Crippen molar-refractivity contribution in [2.45, 2.75) is 25.2 Å². The largest absolute Gasteiger partial charge is 0.441 e. The van der Waals surface area contributed by atoms with Crippen molar-refractivity contribution in [3.05, 3.63) is 83.7 Å². The summed E-state index contributed by atoms with van der Waals surface area (Å²) in [6.07, 6.45) is 0.675. The first-order chi connectivity index (χ1) is 14.8. The molecule has 158 valence electrons. The standard InChI is InChI=1S/C23H21N3O4S/c1-3-22-25-20-14-18(11-12-21(20)30-22)24-23(27)16-5-4-6-19(13-16)31(28,29)26-17-9-7-15(2)8-10-17/h4-14,26H,3H2,1-2H3,(H,24,27). The van der Waals surface area contributed by atoms with Crippen LogP contribution in [0.15, 0.2) is 76.0 Å². The zero-order valence-corrected chi connectivity index (χ0v) is 17.9. The number of rotatable bonds is 6. The van der Waals surface area contributed by atoms with Crippen LogP contribution in [0.2, 0.25) is 0 Å². The number of carbonyl (C=O) groups is 1. The molecule has 7 nitrogen and oxygen atoms in total. The highest BCUT2D eigenvalue weighted by Gasteiger charge is 2.17. The third-order valence-electron chi connectivity index (χ3n) is 4.70. The van der Waals surface area contributed by atoms with Gasteiger partial charge in [-0.25, -0.2) is 13.4 Å². The normalized spacial score (nSPS) is 11.4. The van der Waals surface area contributed by atoms with E-state index in [4.69, 9.17) is 4.42 Å². The lowest BCUT2D eigenvalue weighted by molar-refractivity contribution is 0.102. The Morgan fingerprint density at radius 3 is 2.48 bits per heavy atom. The van der Waals surface area contributed by atoms with Crippen molar-refractivity contribution in [2.75, 3.05) is 10.0 Å². The number of benzene rings is 3. The van der Waals surface area contributed by atoms with Gasteiger partial charge in [-0.3, -0.25) is 9.52 Å². The maximum atomic E-state index is 12.7. The molecule has 8 heteroatoms. The van der Waals surface area contributed by atoms with Gasteiger partial charge in [-0.15, -0.1) is 0 Å². The molecule has 0 unspecified atom stereocenters. The molecule has 0 fully saturated rings. The van der Waals surface area contributed by atoms with Crippen molar-refractivity contribution in [2.24, 2.45) is 0 Å². The molecule has 0 aliphatic rings. The van der Waals surface area contributed by atoms with Crippen molar-refractivity contribution in [3.63, 3.8) is 0 Å². The molecule has 0 bridgehead atoms. The summed E-state index contributed by atoms with van der Waals surface area (Å²) >= 11 is 0. The Balaban J connectivity index is 1.54. The van der Waals surface area contributed by atoms with E-state index in [1.165, 1.54) is 18.2 Å². The predicted octanol–water partition coefficient (Wildman–Crippen LogP) is 4.75. The van der Waals surface area contributed by atoms with Crippen LogP contribution in [-0.2, 0) is 16.4 Å². The molecule has 0 aliphatic heterocycles. The summed E-state index contributed by atoms with van der Waals surface area (Å²) in [5.74, 6) is 0.198. The lowest BCUT2D eigenvalue weighted by atomic mass is 10.2. The van der Waals surface area contributed by atoms with E-state index in [9.17, 15) is 13.2 Å². The van der Waals surface area contributed by atoms with Crippen molar-refractivity contribution in [1.29, 1.82) is 0 Å².